The molecule has 6 heteroatoms. The van der Waals surface area contributed by atoms with Crippen LogP contribution in [0.2, 0.25) is 0 Å². The van der Waals surface area contributed by atoms with Gasteiger partial charge in [-0.05, 0) is 32.1 Å². The number of hydrogen-bond acceptors (Lipinski definition) is 5. The maximum Gasteiger partial charge on any atom is 0.185 e. The van der Waals surface area contributed by atoms with Gasteiger partial charge < -0.3 is 9.47 Å². The molecular weight excluding hydrogens is 290 g/mol. The summed E-state index contributed by atoms with van der Waals surface area (Å²) in [5.41, 5.74) is 1.56. The fraction of sp³-hybridized carbons (Fsp3) is 0.400. The van der Waals surface area contributed by atoms with Crippen LogP contribution in [0.5, 0.6) is 11.5 Å². The number of nitrogens with zero attached hydrogens (tertiary/aromatic N) is 1. The second-order valence-corrected chi connectivity index (χ2v) is 6.94. The van der Waals surface area contributed by atoms with Gasteiger partial charge in [-0.3, -0.25) is 0 Å². The summed E-state index contributed by atoms with van der Waals surface area (Å²) in [6, 6.07) is 5.29. The summed E-state index contributed by atoms with van der Waals surface area (Å²) in [5.74, 6) is 1.27. The summed E-state index contributed by atoms with van der Waals surface area (Å²) in [6.07, 6.45) is 3.21. The second kappa shape index (κ2) is 5.78. The van der Waals surface area contributed by atoms with Gasteiger partial charge in [-0.15, -0.1) is 0 Å². The maximum absolute atomic E-state index is 11.6. The van der Waals surface area contributed by atoms with E-state index in [4.69, 9.17) is 14.7 Å². The molecule has 1 aromatic rings. The van der Waals surface area contributed by atoms with Gasteiger partial charge >= 0.3 is 0 Å². The molecule has 0 N–H and O–H groups in total. The third-order valence-corrected chi connectivity index (χ3v) is 4.13. The number of sulfone groups is 1. The summed E-state index contributed by atoms with van der Waals surface area (Å²) < 4.78 is 34.3. The highest BCUT2D eigenvalue weighted by Crippen LogP contribution is 2.36. The lowest BCUT2D eigenvalue weighted by molar-refractivity contribution is 0.254. The summed E-state index contributed by atoms with van der Waals surface area (Å²) in [4.78, 5) is -0.297. The van der Waals surface area contributed by atoms with E-state index in [1.54, 1.807) is 12.1 Å². The van der Waals surface area contributed by atoms with Crippen molar-refractivity contribution in [1.29, 1.82) is 5.26 Å². The zero-order valence-corrected chi connectivity index (χ0v) is 13.0. The molecule has 112 valence electrons. The first-order valence-electron chi connectivity index (χ1n) is 6.63. The minimum atomic E-state index is -3.57. The lowest BCUT2D eigenvalue weighted by Crippen LogP contribution is -2.05. The van der Waals surface area contributed by atoms with Crippen LogP contribution < -0.4 is 9.47 Å². The Morgan fingerprint density at radius 2 is 2.29 bits per heavy atom. The highest BCUT2D eigenvalue weighted by atomic mass is 32.2. The Balaban J connectivity index is 2.55. The highest BCUT2D eigenvalue weighted by Gasteiger charge is 2.22. The third-order valence-electron chi connectivity index (χ3n) is 3.12. The van der Waals surface area contributed by atoms with Gasteiger partial charge in [-0.2, -0.15) is 5.26 Å². The van der Waals surface area contributed by atoms with Crippen molar-refractivity contribution >= 4 is 15.9 Å². The topological polar surface area (TPSA) is 76.4 Å². The van der Waals surface area contributed by atoms with E-state index < -0.39 is 9.84 Å². The first kappa shape index (κ1) is 15.4. The smallest absolute Gasteiger partial charge is 0.185 e. The Hall–Kier alpha value is -2.00. The Labute approximate surface area is 124 Å². The zero-order chi connectivity index (χ0) is 15.6. The Kier molecular flexibility index (Phi) is 4.24. The van der Waals surface area contributed by atoms with Gasteiger partial charge in [-0.1, -0.05) is 0 Å². The van der Waals surface area contributed by atoms with Crippen molar-refractivity contribution in [3.8, 4) is 17.6 Å². The number of allylic oxidation sites excluding steroid dienone is 1. The fourth-order valence-electron chi connectivity index (χ4n) is 2.21. The molecule has 1 heterocycles. The molecule has 1 aromatic carbocycles. The van der Waals surface area contributed by atoms with Crippen molar-refractivity contribution in [2.45, 2.75) is 26.4 Å². The number of fused-ring (bicyclic) bond motifs is 1. The fourth-order valence-corrected chi connectivity index (χ4v) is 2.72. The Morgan fingerprint density at radius 3 is 2.86 bits per heavy atom. The molecule has 0 amide bonds. The van der Waals surface area contributed by atoms with Crippen molar-refractivity contribution in [1.82, 2.24) is 0 Å². The van der Waals surface area contributed by atoms with Crippen LogP contribution in [0.15, 0.2) is 17.0 Å². The Morgan fingerprint density at radius 1 is 1.57 bits per heavy atom. The van der Waals surface area contributed by atoms with Crippen LogP contribution in [0, 0.1) is 11.3 Å². The van der Waals surface area contributed by atoms with Gasteiger partial charge in [0.15, 0.2) is 9.84 Å². The van der Waals surface area contributed by atoms with Crippen LogP contribution in [0.1, 0.15) is 25.0 Å². The van der Waals surface area contributed by atoms with Gasteiger partial charge in [-0.25, -0.2) is 8.42 Å². The van der Waals surface area contributed by atoms with E-state index in [0.29, 0.717) is 23.7 Å². The molecule has 2 rings (SSSR count). The first-order valence-corrected chi connectivity index (χ1v) is 8.52. The summed E-state index contributed by atoms with van der Waals surface area (Å²) in [5, 5.41) is 9.01. The highest BCUT2D eigenvalue weighted by molar-refractivity contribution is 7.95. The number of benzene rings is 1. The molecule has 0 bridgehead atoms. The molecule has 5 nitrogen and oxygen atoms in total. The number of ether oxygens (including phenoxy) is 2. The molecular formula is C15H17NO4S. The lowest BCUT2D eigenvalue weighted by atomic mass is 10.1. The van der Waals surface area contributed by atoms with Crippen molar-refractivity contribution in [2.24, 2.45) is 0 Å². The average Bonchev–Trinajstić information content (AvgIpc) is 2.73. The van der Waals surface area contributed by atoms with Crippen LogP contribution in [0.4, 0.5) is 0 Å². The summed E-state index contributed by atoms with van der Waals surface area (Å²) in [7, 11) is -3.57. The van der Waals surface area contributed by atoms with Gasteiger partial charge in [0.2, 0.25) is 0 Å². The van der Waals surface area contributed by atoms with Crippen LogP contribution >= 0.6 is 0 Å². The molecule has 0 spiro atoms. The average molecular weight is 307 g/mol. The molecule has 1 aliphatic rings. The summed E-state index contributed by atoms with van der Waals surface area (Å²) in [6.45, 7) is 4.27. The largest absolute Gasteiger partial charge is 0.493 e. The second-order valence-electron chi connectivity index (χ2n) is 4.96. The minimum Gasteiger partial charge on any atom is -0.493 e. The zero-order valence-electron chi connectivity index (χ0n) is 12.2. The molecule has 1 unspecified atom stereocenters. The molecule has 1 atom stereocenters. The first-order chi connectivity index (χ1) is 9.85. The molecule has 0 saturated heterocycles. The van der Waals surface area contributed by atoms with Gasteiger partial charge in [0.1, 0.15) is 28.6 Å². The Bertz CT molecular complexity index is 729. The van der Waals surface area contributed by atoms with Gasteiger partial charge in [0.05, 0.1) is 6.61 Å². The molecule has 21 heavy (non-hydrogen) atoms. The number of hydrogen-bond donors (Lipinski definition) is 0. The normalized spacial score (nSPS) is 17.8. The van der Waals surface area contributed by atoms with Gasteiger partial charge in [0.25, 0.3) is 0 Å². The predicted octanol–water partition coefficient (Wildman–Crippen LogP) is 2.32. The summed E-state index contributed by atoms with van der Waals surface area (Å²) >= 11 is 0. The van der Waals surface area contributed by atoms with Crippen molar-refractivity contribution < 1.29 is 17.9 Å². The van der Waals surface area contributed by atoms with E-state index in [-0.39, 0.29) is 11.0 Å². The third kappa shape index (κ3) is 3.37. The maximum atomic E-state index is 11.6. The molecule has 0 saturated carbocycles. The van der Waals surface area contributed by atoms with Crippen molar-refractivity contribution in [3.63, 3.8) is 0 Å². The molecule has 0 fully saturated rings. The molecule has 0 radical (unpaired) electrons. The van der Waals surface area contributed by atoms with E-state index in [1.807, 2.05) is 19.9 Å². The minimum absolute atomic E-state index is 0.0825. The number of nitriles is 1. The van der Waals surface area contributed by atoms with E-state index in [9.17, 15) is 8.42 Å². The van der Waals surface area contributed by atoms with Crippen molar-refractivity contribution in [3.05, 3.63) is 28.2 Å². The van der Waals surface area contributed by atoms with Crippen LogP contribution in [-0.4, -0.2) is 27.4 Å². The van der Waals surface area contributed by atoms with Crippen molar-refractivity contribution in [2.75, 3.05) is 12.9 Å². The SMILES string of the molecule is CCOc1cc2c(cc1C=C(C#N)S(C)(=O)=O)OC(C)C2. The number of rotatable bonds is 4. The van der Waals surface area contributed by atoms with Crippen LogP contribution in [0.25, 0.3) is 6.08 Å². The van der Waals surface area contributed by atoms with E-state index in [2.05, 4.69) is 0 Å². The van der Waals surface area contributed by atoms with Crippen LogP contribution in [0.3, 0.4) is 0 Å². The van der Waals surface area contributed by atoms with Gasteiger partial charge in [0, 0.05) is 23.8 Å². The lowest BCUT2D eigenvalue weighted by Gasteiger charge is -2.10. The monoisotopic (exact) mass is 307 g/mol. The van der Waals surface area contributed by atoms with E-state index in [1.165, 1.54) is 6.08 Å². The van der Waals surface area contributed by atoms with E-state index in [0.717, 1.165) is 18.2 Å². The van der Waals surface area contributed by atoms with E-state index >= 15 is 0 Å². The molecule has 0 aliphatic carbocycles. The standard InChI is InChI=1S/C15H17NO4S/c1-4-19-14-7-11-5-10(2)20-15(11)8-12(14)6-13(9-16)21(3,17)18/h6-8,10H,4-5H2,1-3H3. The predicted molar refractivity (Wildman–Crippen MR) is 79.8 cm³/mol. The quantitative estimate of drug-likeness (QED) is 0.798. The van der Waals surface area contributed by atoms with Crippen LogP contribution in [-0.2, 0) is 16.3 Å². The molecule has 1 aliphatic heterocycles. The molecule has 0 aromatic heterocycles.